The molecule has 0 saturated carbocycles. The Hall–Kier alpha value is -4.78. The van der Waals surface area contributed by atoms with Crippen LogP contribution in [-0.4, -0.2) is 22.8 Å². The number of nitrogens with zero attached hydrogens (tertiary/aromatic N) is 1. The van der Waals surface area contributed by atoms with Crippen LogP contribution in [0.4, 0.5) is 11.4 Å². The third-order valence-electron chi connectivity index (χ3n) is 5.79. The molecule has 0 fully saturated rings. The molecular weight excluding hydrogens is 454 g/mol. The molecule has 0 aliphatic carbocycles. The fourth-order valence-electron chi connectivity index (χ4n) is 3.99. The quantitative estimate of drug-likeness (QED) is 0.258. The van der Waals surface area contributed by atoms with Gasteiger partial charge in [-0.05, 0) is 28.8 Å². The summed E-state index contributed by atoms with van der Waals surface area (Å²) in [7, 11) is 0. The number of amides is 2. The zero-order valence-electron chi connectivity index (χ0n) is 19.4. The first kappa shape index (κ1) is 24.3. The second-order valence-corrected chi connectivity index (χ2v) is 8.30. The summed E-state index contributed by atoms with van der Waals surface area (Å²) in [6.07, 6.45) is 0.165. The first-order valence-corrected chi connectivity index (χ1v) is 11.5. The summed E-state index contributed by atoms with van der Waals surface area (Å²) in [6.45, 7) is 0. The van der Waals surface area contributed by atoms with Crippen molar-refractivity contribution in [1.82, 2.24) is 5.32 Å². The SMILES string of the molecule is O=C(N[C@@H](Cc1ccc([N+](=O)[O-])cc1)C(=O)Nc1ccccc1)C(c1ccccc1)c1ccccc1. The van der Waals surface area contributed by atoms with E-state index >= 15 is 0 Å². The van der Waals surface area contributed by atoms with Gasteiger partial charge in [0.2, 0.25) is 11.8 Å². The van der Waals surface area contributed by atoms with Gasteiger partial charge in [-0.3, -0.25) is 19.7 Å². The summed E-state index contributed by atoms with van der Waals surface area (Å²) in [5.41, 5.74) is 2.86. The van der Waals surface area contributed by atoms with E-state index in [1.807, 2.05) is 66.7 Å². The number of anilines is 1. The van der Waals surface area contributed by atoms with Crippen molar-refractivity contribution in [2.45, 2.75) is 18.4 Å². The van der Waals surface area contributed by atoms with E-state index in [1.165, 1.54) is 12.1 Å². The Morgan fingerprint density at radius 2 is 1.19 bits per heavy atom. The highest BCUT2D eigenvalue weighted by atomic mass is 16.6. The van der Waals surface area contributed by atoms with Crippen LogP contribution in [0, 0.1) is 10.1 Å². The van der Waals surface area contributed by atoms with E-state index in [1.54, 1.807) is 36.4 Å². The normalized spacial score (nSPS) is 11.5. The lowest BCUT2D eigenvalue weighted by Gasteiger charge is -2.23. The summed E-state index contributed by atoms with van der Waals surface area (Å²) in [4.78, 5) is 37.5. The van der Waals surface area contributed by atoms with Gasteiger partial charge >= 0.3 is 0 Å². The third-order valence-corrected chi connectivity index (χ3v) is 5.79. The van der Waals surface area contributed by atoms with Crippen molar-refractivity contribution in [2.75, 3.05) is 5.32 Å². The molecule has 4 aromatic rings. The maximum Gasteiger partial charge on any atom is 0.269 e. The van der Waals surface area contributed by atoms with E-state index in [2.05, 4.69) is 10.6 Å². The number of rotatable bonds is 9. The lowest BCUT2D eigenvalue weighted by Crippen LogP contribution is -2.47. The molecule has 0 aliphatic heterocycles. The molecule has 0 aromatic heterocycles. The first-order chi connectivity index (χ1) is 17.5. The van der Waals surface area contributed by atoms with Crippen molar-refractivity contribution in [2.24, 2.45) is 0 Å². The number of hydrogen-bond acceptors (Lipinski definition) is 4. The van der Waals surface area contributed by atoms with Crippen LogP contribution in [0.3, 0.4) is 0 Å². The van der Waals surface area contributed by atoms with Gasteiger partial charge in [-0.15, -0.1) is 0 Å². The van der Waals surface area contributed by atoms with E-state index in [0.717, 1.165) is 11.1 Å². The lowest BCUT2D eigenvalue weighted by atomic mass is 9.90. The summed E-state index contributed by atoms with van der Waals surface area (Å²) in [5.74, 6) is -1.31. The second kappa shape index (κ2) is 11.6. The highest BCUT2D eigenvalue weighted by Crippen LogP contribution is 2.25. The van der Waals surface area contributed by atoms with Crippen LogP contribution >= 0.6 is 0 Å². The zero-order valence-corrected chi connectivity index (χ0v) is 19.4. The van der Waals surface area contributed by atoms with E-state index in [9.17, 15) is 19.7 Å². The average molecular weight is 480 g/mol. The van der Waals surface area contributed by atoms with Crippen LogP contribution in [0.2, 0.25) is 0 Å². The molecule has 4 aromatic carbocycles. The summed E-state index contributed by atoms with van der Waals surface area (Å²) in [6, 6.07) is 32.8. The van der Waals surface area contributed by atoms with Gasteiger partial charge in [0, 0.05) is 24.2 Å². The molecule has 0 spiro atoms. The van der Waals surface area contributed by atoms with Crippen LogP contribution in [-0.2, 0) is 16.0 Å². The predicted molar refractivity (Wildman–Crippen MR) is 139 cm³/mol. The highest BCUT2D eigenvalue weighted by molar-refractivity contribution is 5.98. The van der Waals surface area contributed by atoms with E-state index in [0.29, 0.717) is 11.3 Å². The largest absolute Gasteiger partial charge is 0.343 e. The van der Waals surface area contributed by atoms with Crippen molar-refractivity contribution in [1.29, 1.82) is 0 Å². The Bertz CT molecular complexity index is 1270. The van der Waals surface area contributed by atoms with Gasteiger partial charge in [0.1, 0.15) is 6.04 Å². The summed E-state index contributed by atoms with van der Waals surface area (Å²) >= 11 is 0. The summed E-state index contributed by atoms with van der Waals surface area (Å²) in [5, 5.41) is 16.8. The van der Waals surface area contributed by atoms with Crippen LogP contribution < -0.4 is 10.6 Å². The topological polar surface area (TPSA) is 101 Å². The second-order valence-electron chi connectivity index (χ2n) is 8.30. The molecule has 7 heteroatoms. The number of carbonyl (C=O) groups excluding carboxylic acids is 2. The standard InChI is InChI=1S/C29H25N3O4/c33-28(30-24-14-8-3-9-15-24)26(20-21-16-18-25(19-17-21)32(35)36)31-29(34)27(22-10-4-1-5-11-22)23-12-6-2-7-13-23/h1-19,26-27H,20H2,(H,30,33)(H,31,34)/t26-/m0/s1. The fourth-order valence-corrected chi connectivity index (χ4v) is 3.99. The molecule has 2 N–H and O–H groups in total. The molecule has 0 radical (unpaired) electrons. The molecular formula is C29H25N3O4. The minimum Gasteiger partial charge on any atom is -0.343 e. The van der Waals surface area contributed by atoms with E-state index in [4.69, 9.17) is 0 Å². The number of non-ortho nitro benzene ring substituents is 1. The third kappa shape index (κ3) is 6.21. The number of nitro groups is 1. The molecule has 36 heavy (non-hydrogen) atoms. The van der Waals surface area contributed by atoms with Crippen LogP contribution in [0.5, 0.6) is 0 Å². The molecule has 180 valence electrons. The number of hydrogen-bond donors (Lipinski definition) is 2. The molecule has 0 heterocycles. The van der Waals surface area contributed by atoms with Gasteiger partial charge in [-0.2, -0.15) is 0 Å². The minimum atomic E-state index is -0.908. The number of para-hydroxylation sites is 1. The van der Waals surface area contributed by atoms with Crippen molar-refractivity contribution in [3.05, 3.63) is 142 Å². The highest BCUT2D eigenvalue weighted by Gasteiger charge is 2.28. The van der Waals surface area contributed by atoms with Gasteiger partial charge in [0.05, 0.1) is 10.8 Å². The van der Waals surface area contributed by atoms with Crippen LogP contribution in [0.25, 0.3) is 0 Å². The number of nitrogens with one attached hydrogen (secondary N) is 2. The maximum absolute atomic E-state index is 13.7. The van der Waals surface area contributed by atoms with Crippen molar-refractivity contribution in [3.8, 4) is 0 Å². The Balaban J connectivity index is 1.62. The molecule has 2 amide bonds. The number of benzene rings is 4. The van der Waals surface area contributed by atoms with Gasteiger partial charge in [0.15, 0.2) is 0 Å². The molecule has 4 rings (SSSR count). The molecule has 7 nitrogen and oxygen atoms in total. The first-order valence-electron chi connectivity index (χ1n) is 11.5. The van der Waals surface area contributed by atoms with Crippen molar-refractivity contribution < 1.29 is 14.5 Å². The Morgan fingerprint density at radius 3 is 1.69 bits per heavy atom. The predicted octanol–water partition coefficient (Wildman–Crippen LogP) is 5.09. The van der Waals surface area contributed by atoms with Crippen molar-refractivity contribution >= 4 is 23.2 Å². The zero-order chi connectivity index (χ0) is 25.3. The Labute approximate surface area is 209 Å². The van der Waals surface area contributed by atoms with Crippen LogP contribution in [0.15, 0.2) is 115 Å². The number of carbonyl (C=O) groups is 2. The lowest BCUT2D eigenvalue weighted by molar-refractivity contribution is -0.384. The molecule has 0 bridgehead atoms. The van der Waals surface area contributed by atoms with E-state index in [-0.39, 0.29) is 23.9 Å². The minimum absolute atomic E-state index is 0.0405. The average Bonchev–Trinajstić information content (AvgIpc) is 2.90. The van der Waals surface area contributed by atoms with Gasteiger partial charge in [-0.25, -0.2) is 0 Å². The number of nitro benzene ring substituents is 1. The monoisotopic (exact) mass is 479 g/mol. The maximum atomic E-state index is 13.7. The van der Waals surface area contributed by atoms with Crippen molar-refractivity contribution in [3.63, 3.8) is 0 Å². The fraction of sp³-hybridized carbons (Fsp3) is 0.103. The molecule has 0 unspecified atom stereocenters. The van der Waals surface area contributed by atoms with Gasteiger partial charge in [-0.1, -0.05) is 91.0 Å². The van der Waals surface area contributed by atoms with E-state index < -0.39 is 16.9 Å². The van der Waals surface area contributed by atoms with Gasteiger partial charge < -0.3 is 10.6 Å². The Morgan fingerprint density at radius 1 is 0.694 bits per heavy atom. The smallest absolute Gasteiger partial charge is 0.269 e. The molecule has 0 aliphatic rings. The van der Waals surface area contributed by atoms with Gasteiger partial charge in [0.25, 0.3) is 5.69 Å². The molecule has 1 atom stereocenters. The van der Waals surface area contributed by atoms with Crippen LogP contribution in [0.1, 0.15) is 22.6 Å². The molecule has 0 saturated heterocycles. The summed E-state index contributed by atoms with van der Waals surface area (Å²) < 4.78 is 0. The Kier molecular flexibility index (Phi) is 7.83.